The number of rotatable bonds is 6. The molecule has 4 nitrogen and oxygen atoms in total. The number of hydrogen-bond donors (Lipinski definition) is 1. The first kappa shape index (κ1) is 12.8. The van der Waals surface area contributed by atoms with Crippen LogP contribution in [-0.2, 0) is 13.7 Å². The van der Waals surface area contributed by atoms with Crippen LogP contribution in [0.2, 0.25) is 0 Å². The van der Waals surface area contributed by atoms with Crippen molar-refractivity contribution in [1.29, 1.82) is 0 Å². The molecule has 5 heteroatoms. The van der Waals surface area contributed by atoms with E-state index < -0.39 is 14.0 Å². The molecule has 0 aromatic carbocycles. The van der Waals surface area contributed by atoms with Crippen LogP contribution in [0.4, 0.5) is 0 Å². The molecule has 0 rings (SSSR count). The van der Waals surface area contributed by atoms with E-state index >= 15 is 0 Å². The van der Waals surface area contributed by atoms with Crippen LogP contribution < -0.4 is 0 Å². The molecule has 0 bridgehead atoms. The molecule has 0 aliphatic rings. The topological polar surface area (TPSA) is 63.6 Å². The molecule has 0 saturated carbocycles. The van der Waals surface area contributed by atoms with Gasteiger partial charge in [-0.2, -0.15) is 0 Å². The molecule has 78 valence electrons. The van der Waals surface area contributed by atoms with Gasteiger partial charge < -0.3 is 5.11 Å². The Morgan fingerprint density at radius 3 is 2.23 bits per heavy atom. The summed E-state index contributed by atoms with van der Waals surface area (Å²) in [7, 11) is -2.79. The van der Waals surface area contributed by atoms with E-state index in [1.807, 2.05) is 13.8 Å². The van der Waals surface area contributed by atoms with Crippen molar-refractivity contribution in [3.63, 3.8) is 0 Å². The van der Waals surface area contributed by atoms with Crippen molar-refractivity contribution in [3.05, 3.63) is 0 Å². The van der Waals surface area contributed by atoms with Crippen molar-refractivity contribution in [2.45, 2.75) is 33.3 Å². The molecule has 0 amide bonds. The summed E-state index contributed by atoms with van der Waals surface area (Å²) in [5.41, 5.74) is 0. The van der Waals surface area contributed by atoms with Gasteiger partial charge in [-0.3, -0.25) is 4.52 Å². The van der Waals surface area contributed by atoms with E-state index in [-0.39, 0.29) is 12.5 Å². The fraction of sp³-hybridized carbons (Fsp3) is 1.00. The van der Waals surface area contributed by atoms with E-state index in [2.05, 4.69) is 4.52 Å². The summed E-state index contributed by atoms with van der Waals surface area (Å²) in [5.74, 6) is 0.258. The molecule has 0 aliphatic carbocycles. The van der Waals surface area contributed by atoms with Crippen LogP contribution in [0.5, 0.6) is 0 Å². The van der Waals surface area contributed by atoms with Crippen molar-refractivity contribution >= 4 is 7.91 Å². The zero-order valence-corrected chi connectivity index (χ0v) is 9.16. The van der Waals surface area contributed by atoms with Gasteiger partial charge in [0.2, 0.25) is 0 Å². The Morgan fingerprint density at radius 2 is 1.85 bits per heavy atom. The van der Waals surface area contributed by atoms with Crippen LogP contribution in [0.3, 0.4) is 0 Å². The van der Waals surface area contributed by atoms with Crippen molar-refractivity contribution in [3.8, 4) is 0 Å². The summed E-state index contributed by atoms with van der Waals surface area (Å²) >= 11 is 0. The third-order valence-electron chi connectivity index (χ3n) is 1.81. The summed E-state index contributed by atoms with van der Waals surface area (Å²) < 4.78 is 24.6. The van der Waals surface area contributed by atoms with Gasteiger partial charge in [0.05, 0.1) is 12.7 Å². The Labute approximate surface area is 79.2 Å². The largest absolute Gasteiger partial charge is 0.468 e. The first-order valence-electron chi connectivity index (χ1n) is 4.38. The van der Waals surface area contributed by atoms with Gasteiger partial charge in [-0.05, 0) is 12.3 Å². The highest BCUT2D eigenvalue weighted by Crippen LogP contribution is 2.16. The minimum absolute atomic E-state index is 0.0621. The summed E-state index contributed by atoms with van der Waals surface area (Å²) in [5, 5.41) is 9.52. The average Bonchev–Trinajstić information content (AvgIpc) is 1.98. The molecule has 1 N–H and O–H groups in total. The van der Waals surface area contributed by atoms with Gasteiger partial charge in [0.15, 0.2) is 0 Å². The van der Waals surface area contributed by atoms with Crippen LogP contribution in [0, 0.1) is 11.8 Å². The Bertz CT molecular complexity index is 192. The minimum Gasteiger partial charge on any atom is -0.393 e. The van der Waals surface area contributed by atoms with Gasteiger partial charge in [0, 0.05) is 5.92 Å². The SMILES string of the molecule is CC(C)CC(O)[C@H](C)COP(=O)=O. The maximum Gasteiger partial charge on any atom is 0.468 e. The maximum absolute atomic E-state index is 10.1. The van der Waals surface area contributed by atoms with Crippen molar-refractivity contribution in [2.24, 2.45) is 11.8 Å². The molecule has 13 heavy (non-hydrogen) atoms. The highest BCUT2D eigenvalue weighted by molar-refractivity contribution is 7.24. The lowest BCUT2D eigenvalue weighted by atomic mass is 9.97. The smallest absolute Gasteiger partial charge is 0.393 e. The zero-order valence-electron chi connectivity index (χ0n) is 8.27. The molecular formula is C8H17O4P. The van der Waals surface area contributed by atoms with Crippen LogP contribution in [0.1, 0.15) is 27.2 Å². The molecule has 0 heterocycles. The fourth-order valence-corrected chi connectivity index (χ4v) is 1.36. The van der Waals surface area contributed by atoms with Gasteiger partial charge in [0.1, 0.15) is 0 Å². The normalized spacial score (nSPS) is 15.8. The number of aliphatic hydroxyl groups excluding tert-OH is 1. The van der Waals surface area contributed by atoms with E-state index in [9.17, 15) is 14.2 Å². The lowest BCUT2D eigenvalue weighted by Crippen LogP contribution is -2.22. The molecular weight excluding hydrogens is 191 g/mol. The summed E-state index contributed by atoms with van der Waals surface area (Å²) in [6, 6.07) is 0. The van der Waals surface area contributed by atoms with Crippen LogP contribution in [-0.4, -0.2) is 17.8 Å². The first-order chi connectivity index (χ1) is 5.93. The second-order valence-corrected chi connectivity index (χ2v) is 4.40. The summed E-state index contributed by atoms with van der Waals surface area (Å²) in [6.45, 7) is 5.84. The average molecular weight is 208 g/mol. The van der Waals surface area contributed by atoms with Gasteiger partial charge in [-0.15, -0.1) is 0 Å². The second-order valence-electron chi connectivity index (χ2n) is 3.69. The minimum atomic E-state index is -2.79. The molecule has 0 saturated heterocycles. The van der Waals surface area contributed by atoms with Crippen molar-refractivity contribution < 1.29 is 18.8 Å². The predicted molar refractivity (Wildman–Crippen MR) is 48.9 cm³/mol. The molecule has 0 aromatic rings. The molecule has 0 spiro atoms. The highest BCUT2D eigenvalue weighted by atomic mass is 31.1. The lowest BCUT2D eigenvalue weighted by Gasteiger charge is -2.18. The quantitative estimate of drug-likeness (QED) is 0.679. The van der Waals surface area contributed by atoms with Crippen molar-refractivity contribution in [2.75, 3.05) is 6.61 Å². The number of aliphatic hydroxyl groups is 1. The Kier molecular flexibility index (Phi) is 6.21. The molecule has 1 unspecified atom stereocenters. The molecule has 0 aliphatic heterocycles. The predicted octanol–water partition coefficient (Wildman–Crippen LogP) is 2.13. The van der Waals surface area contributed by atoms with E-state index in [0.29, 0.717) is 12.3 Å². The maximum atomic E-state index is 10.1. The standard InChI is InChI=1S/C8H17O4P/c1-6(2)4-8(9)7(3)5-12-13(10)11/h6-9H,4-5H2,1-3H3/t7-,8?/m1/s1. The Balaban J connectivity index is 3.74. The zero-order chi connectivity index (χ0) is 10.4. The van der Waals surface area contributed by atoms with Gasteiger partial charge in [-0.1, -0.05) is 20.8 Å². The highest BCUT2D eigenvalue weighted by Gasteiger charge is 2.16. The third kappa shape index (κ3) is 6.94. The van der Waals surface area contributed by atoms with E-state index in [0.717, 1.165) is 0 Å². The van der Waals surface area contributed by atoms with E-state index in [1.54, 1.807) is 6.92 Å². The monoisotopic (exact) mass is 208 g/mol. The van der Waals surface area contributed by atoms with Gasteiger partial charge in [-0.25, -0.2) is 9.13 Å². The summed E-state index contributed by atoms with van der Waals surface area (Å²) in [6.07, 6.45) is 0.176. The second kappa shape index (κ2) is 6.30. The summed E-state index contributed by atoms with van der Waals surface area (Å²) in [4.78, 5) is 0. The van der Waals surface area contributed by atoms with Crippen LogP contribution in [0.25, 0.3) is 0 Å². The number of hydrogen-bond acceptors (Lipinski definition) is 4. The third-order valence-corrected chi connectivity index (χ3v) is 2.17. The molecule has 0 radical (unpaired) electrons. The van der Waals surface area contributed by atoms with Gasteiger partial charge >= 0.3 is 7.91 Å². The van der Waals surface area contributed by atoms with Crippen molar-refractivity contribution in [1.82, 2.24) is 0 Å². The fourth-order valence-electron chi connectivity index (χ4n) is 1.00. The Hall–Kier alpha value is -0.180. The van der Waals surface area contributed by atoms with Gasteiger partial charge in [0.25, 0.3) is 0 Å². The van der Waals surface area contributed by atoms with Crippen LogP contribution in [0.15, 0.2) is 0 Å². The van der Waals surface area contributed by atoms with Crippen LogP contribution >= 0.6 is 7.91 Å². The molecule has 2 atom stereocenters. The molecule has 0 aromatic heterocycles. The van der Waals surface area contributed by atoms with E-state index in [1.165, 1.54) is 0 Å². The first-order valence-corrected chi connectivity index (χ1v) is 5.48. The molecule has 0 fully saturated rings. The lowest BCUT2D eigenvalue weighted by molar-refractivity contribution is 0.0685. The van der Waals surface area contributed by atoms with E-state index in [4.69, 9.17) is 0 Å². The Morgan fingerprint density at radius 1 is 1.31 bits per heavy atom.